The van der Waals surface area contributed by atoms with Crippen LogP contribution in [0.15, 0.2) is 68.2 Å². The van der Waals surface area contributed by atoms with E-state index in [-0.39, 0.29) is 10.8 Å². The van der Waals surface area contributed by atoms with Crippen molar-refractivity contribution in [3.63, 3.8) is 0 Å². The van der Waals surface area contributed by atoms with Crippen LogP contribution in [0.3, 0.4) is 0 Å². The third-order valence-electron chi connectivity index (χ3n) is 7.68. The Morgan fingerprint density at radius 1 is 0.619 bits per heavy atom. The maximum absolute atomic E-state index is 5.93. The van der Waals surface area contributed by atoms with Crippen molar-refractivity contribution in [1.29, 1.82) is 0 Å². The molecular weight excluding hydrogens is 724 g/mol. The van der Waals surface area contributed by atoms with E-state index in [4.69, 9.17) is 24.4 Å². The molecule has 0 aliphatic carbocycles. The van der Waals surface area contributed by atoms with E-state index in [1.807, 2.05) is 12.1 Å². The lowest BCUT2D eigenvalue weighted by molar-refractivity contribution is 0.591. The second-order valence-corrected chi connectivity index (χ2v) is 16.9. The lowest BCUT2D eigenvalue weighted by Gasteiger charge is -2.28. The zero-order valence-electron chi connectivity index (χ0n) is 24.2. The highest BCUT2D eigenvalue weighted by Crippen LogP contribution is 2.52. The predicted octanol–water partition coefficient (Wildman–Crippen LogP) is 12.4. The fraction of sp³-hybridized carbons (Fsp3) is 0.235. The molecule has 0 aliphatic rings. The van der Waals surface area contributed by atoms with Crippen LogP contribution in [-0.2, 0) is 10.8 Å². The average molecular weight is 755 g/mol. The molecule has 8 heteroatoms. The van der Waals surface area contributed by atoms with E-state index >= 15 is 0 Å². The van der Waals surface area contributed by atoms with Gasteiger partial charge in [0, 0.05) is 30.5 Å². The van der Waals surface area contributed by atoms with Crippen LogP contribution in [0, 0.1) is 0 Å². The molecule has 6 aromatic rings. The Morgan fingerprint density at radius 3 is 1.29 bits per heavy atom. The van der Waals surface area contributed by atoms with Crippen molar-refractivity contribution in [2.24, 2.45) is 0 Å². The first kappa shape index (κ1) is 30.1. The number of benzene rings is 4. The Hall–Kier alpha value is -1.94. The molecule has 0 amide bonds. The normalized spacial score (nSPS) is 12.5. The fourth-order valence-corrected chi connectivity index (χ4v) is 8.46. The smallest absolute Gasteiger partial charge is 0.121 e. The first-order valence-corrected chi connectivity index (χ1v) is 17.8. The van der Waals surface area contributed by atoms with Gasteiger partial charge >= 0.3 is 0 Å². The molecule has 0 aliphatic heterocycles. The van der Waals surface area contributed by atoms with E-state index in [1.165, 1.54) is 21.9 Å². The summed E-state index contributed by atoms with van der Waals surface area (Å²) in [6.07, 6.45) is 0. The number of anilines is 2. The van der Waals surface area contributed by atoms with Gasteiger partial charge in [-0.3, -0.25) is 0 Å². The number of nitrogens with one attached hydrogen (secondary N) is 2. The molecule has 4 aromatic carbocycles. The minimum Gasteiger partial charge on any atom is -0.344 e. The van der Waals surface area contributed by atoms with Gasteiger partial charge in [0.1, 0.15) is 9.98 Å². The molecule has 6 rings (SSSR count). The Labute approximate surface area is 282 Å². The van der Waals surface area contributed by atoms with Crippen LogP contribution in [0.4, 0.5) is 11.4 Å². The van der Waals surface area contributed by atoms with Gasteiger partial charge in [-0.15, -0.1) is 22.7 Å². The van der Waals surface area contributed by atoms with Gasteiger partial charge in [-0.05, 0) is 112 Å². The fourth-order valence-electron chi connectivity index (χ4n) is 5.35. The van der Waals surface area contributed by atoms with Gasteiger partial charge in [-0.1, -0.05) is 78.1 Å². The molecule has 0 radical (unpaired) electrons. The summed E-state index contributed by atoms with van der Waals surface area (Å²) < 4.78 is 2.01. The van der Waals surface area contributed by atoms with Gasteiger partial charge in [0.2, 0.25) is 0 Å². The zero-order valence-corrected chi connectivity index (χ0v) is 30.6. The summed E-state index contributed by atoms with van der Waals surface area (Å²) in [6, 6.07) is 17.5. The molecule has 0 unspecified atom stereocenters. The van der Waals surface area contributed by atoms with Crippen LogP contribution >= 0.6 is 79.0 Å². The van der Waals surface area contributed by atoms with Crippen molar-refractivity contribution >= 4 is 133 Å². The van der Waals surface area contributed by atoms with E-state index in [1.54, 1.807) is 22.7 Å². The lowest BCUT2D eigenvalue weighted by atomic mass is 9.80. The summed E-state index contributed by atoms with van der Waals surface area (Å²) in [5.74, 6) is 0. The molecule has 0 atom stereocenters. The monoisotopic (exact) mass is 752 g/mol. The molecule has 0 bridgehead atoms. The highest BCUT2D eigenvalue weighted by molar-refractivity contribution is 9.11. The molecule has 2 N–H and O–H groups in total. The van der Waals surface area contributed by atoms with Gasteiger partial charge in [0.15, 0.2) is 0 Å². The quantitative estimate of drug-likeness (QED) is 0.138. The van der Waals surface area contributed by atoms with Gasteiger partial charge in [-0.25, -0.2) is 0 Å². The molecule has 0 fully saturated rings. The number of thiocarbonyl (C=S) groups is 2. The van der Waals surface area contributed by atoms with Gasteiger partial charge in [0.25, 0.3) is 0 Å². The summed E-state index contributed by atoms with van der Waals surface area (Å²) in [5, 5.41) is 18.4. The maximum atomic E-state index is 5.93. The van der Waals surface area contributed by atoms with Crippen molar-refractivity contribution in [2.45, 2.75) is 52.4 Å². The predicted molar refractivity (Wildman–Crippen MR) is 202 cm³/mol. The van der Waals surface area contributed by atoms with Crippen LogP contribution in [0.5, 0.6) is 0 Å². The Kier molecular flexibility index (Phi) is 7.81. The SMILES string of the molecule is CC(C)(C)c1cc2c(Br)c(NC(=S)c3cccs3)c3cc(C(C)(C)C)cc4c(Br)c(NC(=S)c5cccs5)c(c1)c2c43. The summed E-state index contributed by atoms with van der Waals surface area (Å²) in [4.78, 5) is 3.53. The van der Waals surface area contributed by atoms with E-state index in [9.17, 15) is 0 Å². The first-order valence-electron chi connectivity index (χ1n) is 13.6. The minimum absolute atomic E-state index is 0.0683. The molecule has 2 nitrogen and oxygen atoms in total. The standard InChI is InChI=1S/C34H30Br2N2S4/c1-33(2,3)17-13-19-25-21(15-17)29(37-31(39)23-9-7-11-41-23)28(36)20-14-18(34(4,5)6)16-22(26(20)25)30(27(19)35)38-32(40)24-10-8-12-42-24/h7-16H,1-6H3,(H,37,39)(H,38,40). The summed E-state index contributed by atoms with van der Waals surface area (Å²) >= 11 is 23.3. The Bertz CT molecular complexity index is 1850. The Balaban J connectivity index is 1.76. The number of rotatable bonds is 4. The van der Waals surface area contributed by atoms with Crippen LogP contribution in [0.25, 0.3) is 32.3 Å². The van der Waals surface area contributed by atoms with E-state index in [0.717, 1.165) is 61.6 Å². The molecule has 2 aromatic heterocycles. The van der Waals surface area contributed by atoms with Crippen molar-refractivity contribution in [3.05, 3.63) is 89.1 Å². The highest BCUT2D eigenvalue weighted by Gasteiger charge is 2.27. The molecular formula is C34H30Br2N2S4. The van der Waals surface area contributed by atoms with Crippen molar-refractivity contribution < 1.29 is 0 Å². The second kappa shape index (κ2) is 10.9. The lowest BCUT2D eigenvalue weighted by Crippen LogP contribution is -2.15. The molecule has 214 valence electrons. The number of hydrogen-bond acceptors (Lipinski definition) is 4. The second-order valence-electron chi connectivity index (χ2n) is 12.6. The largest absolute Gasteiger partial charge is 0.344 e. The zero-order chi connectivity index (χ0) is 30.1. The van der Waals surface area contributed by atoms with Crippen LogP contribution in [0.2, 0.25) is 0 Å². The van der Waals surface area contributed by atoms with Gasteiger partial charge < -0.3 is 10.6 Å². The molecule has 0 spiro atoms. The molecule has 0 saturated carbocycles. The van der Waals surface area contributed by atoms with Crippen molar-refractivity contribution in [2.75, 3.05) is 10.6 Å². The Morgan fingerprint density at radius 2 is 0.976 bits per heavy atom. The van der Waals surface area contributed by atoms with E-state index in [0.29, 0.717) is 0 Å². The number of halogens is 2. The summed E-state index contributed by atoms with van der Waals surface area (Å²) in [5.41, 5.74) is 4.33. The number of thiophene rings is 2. The average Bonchev–Trinajstić information content (AvgIpc) is 3.66. The van der Waals surface area contributed by atoms with Crippen LogP contribution in [0.1, 0.15) is 62.4 Å². The third-order valence-corrected chi connectivity index (χ3v) is 12.0. The van der Waals surface area contributed by atoms with Gasteiger partial charge in [0.05, 0.1) is 21.1 Å². The minimum atomic E-state index is -0.0683. The molecule has 2 heterocycles. The first-order chi connectivity index (χ1) is 19.8. The summed E-state index contributed by atoms with van der Waals surface area (Å²) in [7, 11) is 0. The van der Waals surface area contributed by atoms with E-state index in [2.05, 4.69) is 131 Å². The molecule has 0 saturated heterocycles. The number of hydrogen-bond donors (Lipinski definition) is 2. The third kappa shape index (κ3) is 5.22. The molecule has 42 heavy (non-hydrogen) atoms. The summed E-state index contributed by atoms with van der Waals surface area (Å²) in [6.45, 7) is 13.5. The van der Waals surface area contributed by atoms with Crippen LogP contribution in [-0.4, -0.2) is 9.98 Å². The van der Waals surface area contributed by atoms with Crippen molar-refractivity contribution in [3.8, 4) is 0 Å². The van der Waals surface area contributed by atoms with Gasteiger partial charge in [-0.2, -0.15) is 0 Å². The van der Waals surface area contributed by atoms with Crippen molar-refractivity contribution in [1.82, 2.24) is 0 Å². The highest BCUT2D eigenvalue weighted by atomic mass is 79.9. The maximum Gasteiger partial charge on any atom is 0.121 e. The van der Waals surface area contributed by atoms with E-state index < -0.39 is 0 Å². The topological polar surface area (TPSA) is 24.1 Å². The van der Waals surface area contributed by atoms with Crippen LogP contribution < -0.4 is 10.6 Å².